The molecule has 0 bridgehead atoms. The predicted molar refractivity (Wildman–Crippen MR) is 107 cm³/mol. The normalized spacial score (nSPS) is 15.3. The van der Waals surface area contributed by atoms with Gasteiger partial charge in [0, 0.05) is 6.42 Å². The van der Waals surface area contributed by atoms with Crippen LogP contribution in [0, 0.1) is 12.8 Å². The van der Waals surface area contributed by atoms with E-state index in [9.17, 15) is 8.42 Å². The molecular formula is C21H34O4S. The maximum atomic E-state index is 13.3. The largest absolute Gasteiger partial charge is 0.350 e. The molecule has 0 radical (unpaired) electrons. The second kappa shape index (κ2) is 10.2. The Hall–Kier alpha value is -1.17. The van der Waals surface area contributed by atoms with Crippen molar-refractivity contribution in [1.29, 1.82) is 0 Å². The zero-order chi connectivity index (χ0) is 19.9. The van der Waals surface area contributed by atoms with Gasteiger partial charge in [0.1, 0.15) is 0 Å². The Labute approximate surface area is 159 Å². The van der Waals surface area contributed by atoms with Crippen LogP contribution in [0.5, 0.6) is 0 Å². The Morgan fingerprint density at radius 1 is 0.962 bits per heavy atom. The van der Waals surface area contributed by atoms with Gasteiger partial charge in [-0.2, -0.15) is 0 Å². The van der Waals surface area contributed by atoms with Gasteiger partial charge in [0.25, 0.3) is 0 Å². The van der Waals surface area contributed by atoms with E-state index in [-0.39, 0.29) is 24.5 Å². The van der Waals surface area contributed by atoms with Crippen LogP contribution >= 0.6 is 0 Å². The molecule has 4 nitrogen and oxygen atoms in total. The van der Waals surface area contributed by atoms with Gasteiger partial charge >= 0.3 is 0 Å². The molecule has 0 spiro atoms. The highest BCUT2D eigenvalue weighted by Gasteiger charge is 2.34. The highest BCUT2D eigenvalue weighted by molar-refractivity contribution is 7.92. The summed E-state index contributed by atoms with van der Waals surface area (Å²) in [4.78, 5) is 0.345. The van der Waals surface area contributed by atoms with E-state index in [1.807, 2.05) is 72.8 Å². The first kappa shape index (κ1) is 22.9. The maximum absolute atomic E-state index is 13.3. The molecule has 0 fully saturated rings. The van der Waals surface area contributed by atoms with Gasteiger partial charge in [-0.15, -0.1) is 0 Å². The van der Waals surface area contributed by atoms with E-state index in [0.29, 0.717) is 4.90 Å². The molecule has 2 atom stereocenters. The fraction of sp³-hybridized carbons (Fsp3) is 0.619. The Morgan fingerprint density at radius 2 is 1.46 bits per heavy atom. The average Bonchev–Trinajstić information content (AvgIpc) is 2.51. The topological polar surface area (TPSA) is 52.6 Å². The van der Waals surface area contributed by atoms with Crippen molar-refractivity contribution >= 4 is 9.84 Å². The molecular weight excluding hydrogens is 348 g/mol. The molecule has 0 aliphatic carbocycles. The Balaban J connectivity index is 3.23. The SMILES string of the molecule is C/C=C/C(C)C(CC(OC(C)C)OC(C)C)S(=O)(=O)c1ccc(C)cc1. The van der Waals surface area contributed by atoms with Crippen LogP contribution in [-0.4, -0.2) is 32.2 Å². The summed E-state index contributed by atoms with van der Waals surface area (Å²) in [5.41, 5.74) is 1.03. The van der Waals surface area contributed by atoms with Gasteiger partial charge in [-0.3, -0.25) is 0 Å². The molecule has 1 aromatic carbocycles. The number of benzene rings is 1. The van der Waals surface area contributed by atoms with Gasteiger partial charge in [-0.1, -0.05) is 36.8 Å². The number of ether oxygens (including phenoxy) is 2. The van der Waals surface area contributed by atoms with Crippen LogP contribution in [0.4, 0.5) is 0 Å². The highest BCUT2D eigenvalue weighted by atomic mass is 32.2. The minimum atomic E-state index is -3.52. The summed E-state index contributed by atoms with van der Waals surface area (Å²) in [7, 11) is -3.52. The molecule has 0 saturated carbocycles. The van der Waals surface area contributed by atoms with Crippen molar-refractivity contribution in [1.82, 2.24) is 0 Å². The minimum Gasteiger partial charge on any atom is -0.350 e. The summed E-state index contributed by atoms with van der Waals surface area (Å²) in [5, 5.41) is -0.621. The Morgan fingerprint density at radius 3 is 1.88 bits per heavy atom. The van der Waals surface area contributed by atoms with Crippen LogP contribution in [0.3, 0.4) is 0 Å². The number of sulfone groups is 1. The predicted octanol–water partition coefficient (Wildman–Crippen LogP) is 4.92. The lowest BCUT2D eigenvalue weighted by Gasteiger charge is -2.29. The number of allylic oxidation sites excluding steroid dienone is 2. The van der Waals surface area contributed by atoms with Crippen molar-refractivity contribution in [3.05, 3.63) is 42.0 Å². The monoisotopic (exact) mass is 382 g/mol. The van der Waals surface area contributed by atoms with Crippen molar-refractivity contribution in [2.75, 3.05) is 0 Å². The van der Waals surface area contributed by atoms with Gasteiger partial charge in [-0.25, -0.2) is 8.42 Å². The van der Waals surface area contributed by atoms with E-state index >= 15 is 0 Å². The van der Waals surface area contributed by atoms with Gasteiger partial charge < -0.3 is 9.47 Å². The van der Waals surface area contributed by atoms with E-state index in [1.54, 1.807) is 12.1 Å². The lowest BCUT2D eigenvalue weighted by atomic mass is 10.0. The summed E-state index contributed by atoms with van der Waals surface area (Å²) < 4.78 is 38.4. The Bertz CT molecular complexity index is 650. The molecule has 2 unspecified atom stereocenters. The van der Waals surface area contributed by atoms with E-state index in [2.05, 4.69) is 0 Å². The molecule has 5 heteroatoms. The molecule has 0 aliphatic heterocycles. The summed E-state index contributed by atoms with van der Waals surface area (Å²) in [5.74, 6) is -0.152. The second-order valence-corrected chi connectivity index (χ2v) is 9.48. The number of aryl methyl sites for hydroxylation is 1. The third kappa shape index (κ3) is 6.86. The lowest BCUT2D eigenvalue weighted by Crippen LogP contribution is -2.36. The summed E-state index contributed by atoms with van der Waals surface area (Å²) >= 11 is 0. The first-order chi connectivity index (χ1) is 12.1. The number of hydrogen-bond acceptors (Lipinski definition) is 4. The summed E-state index contributed by atoms with van der Waals surface area (Å²) in [6, 6.07) is 7.03. The Kier molecular flexibility index (Phi) is 9.01. The molecule has 1 aromatic rings. The maximum Gasteiger partial charge on any atom is 0.181 e. The fourth-order valence-corrected chi connectivity index (χ4v) is 4.83. The molecule has 0 amide bonds. The molecule has 0 saturated heterocycles. The van der Waals surface area contributed by atoms with Gasteiger partial charge in [0.15, 0.2) is 16.1 Å². The van der Waals surface area contributed by atoms with Crippen molar-refractivity contribution in [2.24, 2.45) is 5.92 Å². The van der Waals surface area contributed by atoms with Crippen molar-refractivity contribution in [3.8, 4) is 0 Å². The standard InChI is InChI=1S/C21H34O4S/c1-8-9-18(7)20(14-21(24-15(2)3)25-16(4)5)26(22,23)19-12-10-17(6)11-13-19/h8-13,15-16,18,20-21H,14H2,1-7H3/b9-8+. The average molecular weight is 383 g/mol. The van der Waals surface area contributed by atoms with E-state index in [1.165, 1.54) is 0 Å². The first-order valence-corrected chi connectivity index (χ1v) is 10.9. The first-order valence-electron chi connectivity index (χ1n) is 9.32. The number of hydrogen-bond donors (Lipinski definition) is 0. The minimum absolute atomic E-state index is 0.0431. The highest BCUT2D eigenvalue weighted by Crippen LogP contribution is 2.28. The lowest BCUT2D eigenvalue weighted by molar-refractivity contribution is -0.184. The number of rotatable bonds is 10. The zero-order valence-electron chi connectivity index (χ0n) is 17.1. The second-order valence-electron chi connectivity index (χ2n) is 7.32. The molecule has 0 aliphatic rings. The summed E-state index contributed by atoms with van der Waals surface area (Å²) in [6.07, 6.45) is 3.46. The molecule has 1 rings (SSSR count). The van der Waals surface area contributed by atoms with Crippen LogP contribution in [0.25, 0.3) is 0 Å². The van der Waals surface area contributed by atoms with E-state index in [4.69, 9.17) is 9.47 Å². The van der Waals surface area contributed by atoms with Crippen molar-refractivity contribution in [3.63, 3.8) is 0 Å². The molecule has 0 heterocycles. The summed E-state index contributed by atoms with van der Waals surface area (Å²) in [6.45, 7) is 13.5. The van der Waals surface area contributed by atoms with Crippen LogP contribution in [0.15, 0.2) is 41.3 Å². The van der Waals surface area contributed by atoms with Crippen LogP contribution in [0.2, 0.25) is 0 Å². The molecule has 0 aromatic heterocycles. The molecule has 148 valence electrons. The smallest absolute Gasteiger partial charge is 0.181 e. The van der Waals surface area contributed by atoms with Gasteiger partial charge in [0.05, 0.1) is 22.4 Å². The van der Waals surface area contributed by atoms with E-state index in [0.717, 1.165) is 5.56 Å². The van der Waals surface area contributed by atoms with Gasteiger partial charge in [-0.05, 0) is 59.6 Å². The zero-order valence-corrected chi connectivity index (χ0v) is 17.9. The van der Waals surface area contributed by atoms with Crippen molar-refractivity contribution < 1.29 is 17.9 Å². The third-order valence-corrected chi connectivity index (χ3v) is 6.45. The van der Waals surface area contributed by atoms with E-state index < -0.39 is 21.4 Å². The fourth-order valence-electron chi connectivity index (χ4n) is 2.89. The van der Waals surface area contributed by atoms with Crippen LogP contribution in [-0.2, 0) is 19.3 Å². The van der Waals surface area contributed by atoms with Crippen LogP contribution < -0.4 is 0 Å². The molecule has 0 N–H and O–H groups in total. The van der Waals surface area contributed by atoms with Crippen molar-refractivity contribution in [2.45, 2.75) is 83.5 Å². The van der Waals surface area contributed by atoms with Gasteiger partial charge in [0.2, 0.25) is 0 Å². The van der Waals surface area contributed by atoms with Crippen LogP contribution in [0.1, 0.15) is 53.5 Å². The molecule has 26 heavy (non-hydrogen) atoms. The third-order valence-electron chi connectivity index (χ3n) is 4.10. The quantitative estimate of drug-likeness (QED) is 0.426.